The summed E-state index contributed by atoms with van der Waals surface area (Å²) >= 11 is 3.17. The van der Waals surface area contributed by atoms with Gasteiger partial charge in [-0.3, -0.25) is 5.32 Å². The van der Waals surface area contributed by atoms with Gasteiger partial charge in [-0.2, -0.15) is 11.3 Å². The predicted octanol–water partition coefficient (Wildman–Crippen LogP) is 2.99. The molecule has 1 aliphatic carbocycles. The molecule has 0 aliphatic heterocycles. The largest absolute Gasteiger partial charge is 0.332 e. The minimum Gasteiger partial charge on any atom is -0.332 e. The smallest absolute Gasteiger partial charge is 0.321 e. The summed E-state index contributed by atoms with van der Waals surface area (Å²) in [5.41, 5.74) is 2.81. The highest BCUT2D eigenvalue weighted by Crippen LogP contribution is 2.29. The Hall–Kier alpha value is -2.26. The Morgan fingerprint density at radius 3 is 3.08 bits per heavy atom. The third-order valence-electron chi connectivity index (χ3n) is 3.81. The zero-order valence-corrected chi connectivity index (χ0v) is 14.5. The molecule has 0 saturated carbocycles. The number of aryl methyl sites for hydroxylation is 2. The molecule has 3 aromatic heterocycles. The zero-order valence-electron chi connectivity index (χ0n) is 12.9. The van der Waals surface area contributed by atoms with Crippen molar-refractivity contribution in [2.24, 2.45) is 0 Å². The summed E-state index contributed by atoms with van der Waals surface area (Å²) in [6, 6.07) is 1.69. The molecule has 0 saturated heterocycles. The summed E-state index contributed by atoms with van der Waals surface area (Å²) in [6.07, 6.45) is 6.29. The molecule has 9 heteroatoms. The van der Waals surface area contributed by atoms with E-state index in [4.69, 9.17) is 0 Å². The number of nitrogens with zero attached hydrogens (tertiary/aromatic N) is 4. The zero-order chi connectivity index (χ0) is 16.4. The lowest BCUT2D eigenvalue weighted by Gasteiger charge is -2.06. The maximum absolute atomic E-state index is 12.0. The highest BCUT2D eigenvalue weighted by Gasteiger charge is 2.16. The van der Waals surface area contributed by atoms with E-state index in [1.54, 1.807) is 27.4 Å². The number of nitrogens with one attached hydrogen (secondary N) is 2. The molecule has 1 aliphatic rings. The van der Waals surface area contributed by atoms with E-state index in [-0.39, 0.29) is 6.03 Å². The molecule has 0 atom stereocenters. The van der Waals surface area contributed by atoms with Gasteiger partial charge in [-0.05, 0) is 37.1 Å². The first-order valence-corrected chi connectivity index (χ1v) is 9.51. The van der Waals surface area contributed by atoms with Crippen LogP contribution in [0.15, 0.2) is 23.0 Å². The van der Waals surface area contributed by atoms with Gasteiger partial charge < -0.3 is 5.32 Å². The molecule has 3 heterocycles. The van der Waals surface area contributed by atoms with Crippen molar-refractivity contribution >= 4 is 33.8 Å². The van der Waals surface area contributed by atoms with Crippen molar-refractivity contribution in [1.82, 2.24) is 25.3 Å². The Kier molecular flexibility index (Phi) is 4.26. The number of hydrogen-bond acceptors (Lipinski definition) is 6. The first-order chi connectivity index (χ1) is 11.8. The number of carbonyl (C=O) groups excluding carboxylic acids is 1. The van der Waals surface area contributed by atoms with Gasteiger partial charge in [0.2, 0.25) is 0 Å². The number of urea groups is 1. The number of carbonyl (C=O) groups is 1. The summed E-state index contributed by atoms with van der Waals surface area (Å²) in [5, 5.41) is 18.4. The molecule has 24 heavy (non-hydrogen) atoms. The Labute approximate surface area is 146 Å². The molecule has 0 aromatic carbocycles. The number of aromatic nitrogens is 4. The second-order valence-electron chi connectivity index (χ2n) is 5.54. The third-order valence-corrected chi connectivity index (χ3v) is 5.55. The van der Waals surface area contributed by atoms with Gasteiger partial charge in [-0.1, -0.05) is 5.21 Å². The molecule has 0 radical (unpaired) electrons. The summed E-state index contributed by atoms with van der Waals surface area (Å²) < 4.78 is 1.69. The van der Waals surface area contributed by atoms with Crippen molar-refractivity contribution in [2.45, 2.75) is 32.2 Å². The van der Waals surface area contributed by atoms with Gasteiger partial charge in [0, 0.05) is 10.3 Å². The van der Waals surface area contributed by atoms with Crippen LogP contribution in [0.2, 0.25) is 0 Å². The SMILES string of the molecule is O=C(NCc1cn(-c2ccsc2)nn1)Nc1nc2c(s1)CCCC2. The van der Waals surface area contributed by atoms with Crippen LogP contribution >= 0.6 is 22.7 Å². The fraction of sp³-hybridized carbons (Fsp3) is 0.333. The molecular weight excluding hydrogens is 344 g/mol. The van der Waals surface area contributed by atoms with Crippen molar-refractivity contribution in [3.05, 3.63) is 39.3 Å². The van der Waals surface area contributed by atoms with Crippen LogP contribution in [0.25, 0.3) is 5.69 Å². The van der Waals surface area contributed by atoms with E-state index in [0.717, 1.165) is 24.2 Å². The quantitative estimate of drug-likeness (QED) is 0.749. The minimum atomic E-state index is -0.272. The van der Waals surface area contributed by atoms with Crippen molar-refractivity contribution in [1.29, 1.82) is 0 Å². The fourth-order valence-corrected chi connectivity index (χ4v) is 4.28. The molecule has 124 valence electrons. The van der Waals surface area contributed by atoms with Crippen LogP contribution < -0.4 is 10.6 Å². The highest BCUT2D eigenvalue weighted by atomic mass is 32.1. The highest BCUT2D eigenvalue weighted by molar-refractivity contribution is 7.15. The topological polar surface area (TPSA) is 84.7 Å². The summed E-state index contributed by atoms with van der Waals surface area (Å²) in [5.74, 6) is 0. The lowest BCUT2D eigenvalue weighted by Crippen LogP contribution is -2.28. The van der Waals surface area contributed by atoms with Crippen molar-refractivity contribution in [3.63, 3.8) is 0 Å². The molecule has 4 rings (SSSR count). The van der Waals surface area contributed by atoms with Gasteiger partial charge in [-0.25, -0.2) is 14.5 Å². The average Bonchev–Trinajstić information content (AvgIpc) is 3.31. The molecular formula is C15H16N6OS2. The minimum absolute atomic E-state index is 0.272. The standard InChI is InChI=1S/C15H16N6OS2/c22-14(18-15-17-12-3-1-2-4-13(12)24-15)16-7-10-8-21(20-19-10)11-5-6-23-9-11/h5-6,8-9H,1-4,7H2,(H2,16,17,18,22). The van der Waals surface area contributed by atoms with Crippen LogP contribution in [-0.4, -0.2) is 26.0 Å². The molecule has 0 fully saturated rings. The lowest BCUT2D eigenvalue weighted by atomic mass is 10.0. The molecule has 0 unspecified atom stereocenters. The van der Waals surface area contributed by atoms with Crippen LogP contribution in [0.4, 0.5) is 9.93 Å². The summed E-state index contributed by atoms with van der Waals surface area (Å²) in [6.45, 7) is 0.320. The second kappa shape index (κ2) is 6.70. The number of anilines is 1. The predicted molar refractivity (Wildman–Crippen MR) is 93.9 cm³/mol. The Balaban J connectivity index is 1.33. The van der Waals surface area contributed by atoms with Crippen molar-refractivity contribution < 1.29 is 4.79 Å². The molecule has 7 nitrogen and oxygen atoms in total. The fourth-order valence-electron chi connectivity index (χ4n) is 2.61. The average molecular weight is 360 g/mol. The lowest BCUT2D eigenvalue weighted by molar-refractivity contribution is 0.251. The first kappa shape index (κ1) is 15.3. The van der Waals surface area contributed by atoms with E-state index < -0.39 is 0 Å². The maximum Gasteiger partial charge on any atom is 0.321 e. The van der Waals surface area contributed by atoms with Gasteiger partial charge in [0.25, 0.3) is 0 Å². The monoisotopic (exact) mass is 360 g/mol. The van der Waals surface area contributed by atoms with E-state index in [1.807, 2.05) is 23.0 Å². The summed E-state index contributed by atoms with van der Waals surface area (Å²) in [4.78, 5) is 17.8. The van der Waals surface area contributed by atoms with Gasteiger partial charge in [-0.15, -0.1) is 16.4 Å². The van der Waals surface area contributed by atoms with Crippen LogP contribution in [0, 0.1) is 0 Å². The normalized spacial score (nSPS) is 13.5. The number of fused-ring (bicyclic) bond motifs is 1. The van der Waals surface area contributed by atoms with Gasteiger partial charge in [0.1, 0.15) is 5.69 Å². The van der Waals surface area contributed by atoms with E-state index in [1.165, 1.54) is 17.7 Å². The molecule has 2 N–H and O–H groups in total. The molecule has 3 aromatic rings. The van der Waals surface area contributed by atoms with E-state index >= 15 is 0 Å². The molecule has 0 bridgehead atoms. The Morgan fingerprint density at radius 2 is 2.25 bits per heavy atom. The number of rotatable bonds is 4. The first-order valence-electron chi connectivity index (χ1n) is 7.75. The third kappa shape index (κ3) is 3.31. The van der Waals surface area contributed by atoms with Crippen LogP contribution in [0.5, 0.6) is 0 Å². The Morgan fingerprint density at radius 1 is 1.33 bits per heavy atom. The molecule has 2 amide bonds. The van der Waals surface area contributed by atoms with Gasteiger partial charge in [0.15, 0.2) is 5.13 Å². The maximum atomic E-state index is 12.0. The number of amides is 2. The molecule has 0 spiro atoms. The number of hydrogen-bond donors (Lipinski definition) is 2. The number of thiazole rings is 1. The van der Waals surface area contributed by atoms with Crippen LogP contribution in [-0.2, 0) is 19.4 Å². The van der Waals surface area contributed by atoms with E-state index in [9.17, 15) is 4.79 Å². The van der Waals surface area contributed by atoms with Gasteiger partial charge >= 0.3 is 6.03 Å². The second-order valence-corrected chi connectivity index (χ2v) is 7.40. The van der Waals surface area contributed by atoms with E-state index in [2.05, 4.69) is 25.9 Å². The van der Waals surface area contributed by atoms with Crippen molar-refractivity contribution in [2.75, 3.05) is 5.32 Å². The van der Waals surface area contributed by atoms with Crippen molar-refractivity contribution in [3.8, 4) is 5.69 Å². The Bertz CT molecular complexity index is 815. The van der Waals surface area contributed by atoms with Crippen LogP contribution in [0.1, 0.15) is 29.1 Å². The van der Waals surface area contributed by atoms with Gasteiger partial charge in [0.05, 0.1) is 24.1 Å². The number of thiophene rings is 1. The summed E-state index contributed by atoms with van der Waals surface area (Å²) in [7, 11) is 0. The van der Waals surface area contributed by atoms with E-state index in [0.29, 0.717) is 17.4 Å². The van der Waals surface area contributed by atoms with Crippen LogP contribution in [0.3, 0.4) is 0 Å².